The maximum Gasteiger partial charge on any atom is 0.269 e. The lowest BCUT2D eigenvalue weighted by Crippen LogP contribution is -1.92. The van der Waals surface area contributed by atoms with Gasteiger partial charge in [0.25, 0.3) is 11.4 Å². The van der Waals surface area contributed by atoms with E-state index in [0.717, 1.165) is 0 Å². The van der Waals surface area contributed by atoms with E-state index >= 15 is 0 Å². The quantitative estimate of drug-likeness (QED) is 0.671. The van der Waals surface area contributed by atoms with Crippen molar-refractivity contribution >= 4 is 22.7 Å². The molecule has 1 N–H and O–H groups in total. The highest BCUT2D eigenvalue weighted by Crippen LogP contribution is 2.21. The Kier molecular flexibility index (Phi) is 3.37. The first-order chi connectivity index (χ1) is 9.06. The van der Waals surface area contributed by atoms with Crippen LogP contribution in [0.1, 0.15) is 0 Å². The summed E-state index contributed by atoms with van der Waals surface area (Å²) < 4.78 is 0. The van der Waals surface area contributed by atoms with Gasteiger partial charge in [0.1, 0.15) is 0 Å². The number of nitro groups is 2. The van der Waals surface area contributed by atoms with E-state index in [-0.39, 0.29) is 11.4 Å². The molecule has 0 fully saturated rings. The molecule has 7 nitrogen and oxygen atoms in total. The summed E-state index contributed by atoms with van der Waals surface area (Å²) in [5.74, 6) is 0. The molecule has 0 radical (unpaired) electrons. The van der Waals surface area contributed by atoms with Crippen molar-refractivity contribution in [1.29, 1.82) is 0 Å². The van der Waals surface area contributed by atoms with Gasteiger partial charge in [-0.1, -0.05) is 0 Å². The summed E-state index contributed by atoms with van der Waals surface area (Å²) in [7, 11) is 0. The highest BCUT2D eigenvalue weighted by molar-refractivity contribution is 5.62. The van der Waals surface area contributed by atoms with Crippen molar-refractivity contribution in [3.63, 3.8) is 0 Å². The molecule has 0 saturated heterocycles. The highest BCUT2D eigenvalue weighted by atomic mass is 16.6. The van der Waals surface area contributed by atoms with Crippen LogP contribution < -0.4 is 5.32 Å². The predicted octanol–water partition coefficient (Wildman–Crippen LogP) is 3.25. The van der Waals surface area contributed by atoms with Gasteiger partial charge >= 0.3 is 0 Å². The molecule has 19 heavy (non-hydrogen) atoms. The van der Waals surface area contributed by atoms with Gasteiger partial charge in [-0.05, 0) is 24.3 Å². The van der Waals surface area contributed by atoms with E-state index in [2.05, 4.69) is 5.32 Å². The Balaban J connectivity index is 2.12. The van der Waals surface area contributed by atoms with Crippen molar-refractivity contribution in [3.05, 3.63) is 68.8 Å². The molecule has 0 bridgehead atoms. The van der Waals surface area contributed by atoms with E-state index in [1.165, 1.54) is 24.3 Å². The van der Waals surface area contributed by atoms with Crippen LogP contribution in [0.4, 0.5) is 22.7 Å². The van der Waals surface area contributed by atoms with E-state index in [1.807, 2.05) is 0 Å². The Morgan fingerprint density at radius 2 is 1.00 bits per heavy atom. The second kappa shape index (κ2) is 5.13. The lowest BCUT2D eigenvalue weighted by Gasteiger charge is -2.05. The van der Waals surface area contributed by atoms with Gasteiger partial charge < -0.3 is 5.32 Å². The number of hydrogen-bond acceptors (Lipinski definition) is 5. The average molecular weight is 259 g/mol. The summed E-state index contributed by atoms with van der Waals surface area (Å²) in [5, 5.41) is 24.0. The fourth-order valence-electron chi connectivity index (χ4n) is 1.50. The molecule has 0 aromatic heterocycles. The molecule has 7 heteroatoms. The molecule has 0 atom stereocenters. The highest BCUT2D eigenvalue weighted by Gasteiger charge is 2.06. The smallest absolute Gasteiger partial charge is 0.269 e. The molecule has 0 spiro atoms. The molecule has 0 aliphatic carbocycles. The van der Waals surface area contributed by atoms with E-state index in [0.29, 0.717) is 11.4 Å². The molecule has 2 aromatic carbocycles. The second-order valence-corrected chi connectivity index (χ2v) is 3.73. The number of benzene rings is 2. The maximum absolute atomic E-state index is 10.5. The minimum atomic E-state index is -0.477. The Hall–Kier alpha value is -2.96. The van der Waals surface area contributed by atoms with Crippen molar-refractivity contribution < 1.29 is 9.85 Å². The number of non-ortho nitro benzene ring substituents is 2. The van der Waals surface area contributed by atoms with Crippen LogP contribution in [0.3, 0.4) is 0 Å². The Labute approximate surface area is 107 Å². The lowest BCUT2D eigenvalue weighted by molar-refractivity contribution is -0.385. The zero-order valence-electron chi connectivity index (χ0n) is 9.65. The summed E-state index contributed by atoms with van der Waals surface area (Å²) in [5.41, 5.74) is 1.35. The Morgan fingerprint density at radius 1 is 0.684 bits per heavy atom. The molecule has 2 aromatic rings. The van der Waals surface area contributed by atoms with Crippen LogP contribution in [0.15, 0.2) is 48.5 Å². The third-order valence-electron chi connectivity index (χ3n) is 2.44. The molecule has 0 aliphatic rings. The molecular formula is C12H9N3O4. The first-order valence-electron chi connectivity index (χ1n) is 5.32. The first kappa shape index (κ1) is 12.5. The van der Waals surface area contributed by atoms with E-state index in [9.17, 15) is 20.2 Å². The van der Waals surface area contributed by atoms with Crippen LogP contribution in [0.5, 0.6) is 0 Å². The molecule has 0 saturated carbocycles. The summed E-state index contributed by atoms with van der Waals surface area (Å²) in [4.78, 5) is 20.0. The van der Waals surface area contributed by atoms with Crippen LogP contribution in [-0.4, -0.2) is 9.85 Å². The summed E-state index contributed by atoms with van der Waals surface area (Å²) in [6, 6.07) is 11.8. The van der Waals surface area contributed by atoms with Gasteiger partial charge in [0.15, 0.2) is 0 Å². The molecule has 0 heterocycles. The van der Waals surface area contributed by atoms with Crippen molar-refractivity contribution in [3.8, 4) is 0 Å². The normalized spacial score (nSPS) is 9.89. The van der Waals surface area contributed by atoms with Gasteiger partial charge in [0, 0.05) is 35.6 Å². The van der Waals surface area contributed by atoms with Crippen LogP contribution in [-0.2, 0) is 0 Å². The standard InChI is InChI=1S/C12H9N3O4/c16-14(17)11-5-1-9(2-6-11)13-10-3-7-12(8-4-10)15(18)19/h1-8,13H. The number of hydrogen-bond donors (Lipinski definition) is 1. The van der Waals surface area contributed by atoms with Gasteiger partial charge in [0.05, 0.1) is 9.85 Å². The van der Waals surface area contributed by atoms with Gasteiger partial charge in [-0.25, -0.2) is 0 Å². The van der Waals surface area contributed by atoms with Gasteiger partial charge in [-0.2, -0.15) is 0 Å². The minimum absolute atomic E-state index is 0.00856. The molecule has 0 aliphatic heterocycles. The van der Waals surface area contributed by atoms with Crippen molar-refractivity contribution in [2.45, 2.75) is 0 Å². The van der Waals surface area contributed by atoms with Crippen LogP contribution in [0.2, 0.25) is 0 Å². The number of anilines is 2. The van der Waals surface area contributed by atoms with Crippen molar-refractivity contribution in [2.24, 2.45) is 0 Å². The Morgan fingerprint density at radius 3 is 1.26 bits per heavy atom. The largest absolute Gasteiger partial charge is 0.356 e. The summed E-state index contributed by atoms with van der Waals surface area (Å²) in [6.07, 6.45) is 0. The summed E-state index contributed by atoms with van der Waals surface area (Å²) >= 11 is 0. The van der Waals surface area contributed by atoms with Crippen molar-refractivity contribution in [1.82, 2.24) is 0 Å². The third kappa shape index (κ3) is 3.03. The average Bonchev–Trinajstić information content (AvgIpc) is 2.40. The van der Waals surface area contributed by atoms with E-state index in [1.54, 1.807) is 24.3 Å². The first-order valence-corrected chi connectivity index (χ1v) is 5.32. The van der Waals surface area contributed by atoms with Crippen LogP contribution >= 0.6 is 0 Å². The molecule has 96 valence electrons. The minimum Gasteiger partial charge on any atom is -0.356 e. The lowest BCUT2D eigenvalue weighted by atomic mass is 10.2. The fraction of sp³-hybridized carbons (Fsp3) is 0. The summed E-state index contributed by atoms with van der Waals surface area (Å²) in [6.45, 7) is 0. The van der Waals surface area contributed by atoms with E-state index < -0.39 is 9.85 Å². The van der Waals surface area contributed by atoms with Gasteiger partial charge in [-0.3, -0.25) is 20.2 Å². The number of nitro benzene ring substituents is 2. The van der Waals surface area contributed by atoms with Crippen LogP contribution in [0, 0.1) is 20.2 Å². The molecule has 0 amide bonds. The zero-order valence-corrected chi connectivity index (χ0v) is 9.65. The topological polar surface area (TPSA) is 98.3 Å². The monoisotopic (exact) mass is 259 g/mol. The zero-order chi connectivity index (χ0) is 13.8. The van der Waals surface area contributed by atoms with Crippen molar-refractivity contribution in [2.75, 3.05) is 5.32 Å². The van der Waals surface area contributed by atoms with Gasteiger partial charge in [0.2, 0.25) is 0 Å². The number of rotatable bonds is 4. The van der Waals surface area contributed by atoms with Gasteiger partial charge in [-0.15, -0.1) is 0 Å². The molecular weight excluding hydrogens is 250 g/mol. The molecule has 0 unspecified atom stereocenters. The number of nitrogens with zero attached hydrogens (tertiary/aromatic N) is 2. The SMILES string of the molecule is O=[N+]([O-])c1ccc(Nc2ccc([N+](=O)[O-])cc2)cc1. The predicted molar refractivity (Wildman–Crippen MR) is 69.5 cm³/mol. The third-order valence-corrected chi connectivity index (χ3v) is 2.44. The molecule has 2 rings (SSSR count). The fourth-order valence-corrected chi connectivity index (χ4v) is 1.50. The second-order valence-electron chi connectivity index (χ2n) is 3.73. The maximum atomic E-state index is 10.5. The van der Waals surface area contributed by atoms with Crippen LogP contribution in [0.25, 0.3) is 0 Å². The Bertz CT molecular complexity index is 552. The number of nitrogens with one attached hydrogen (secondary N) is 1. The van der Waals surface area contributed by atoms with E-state index in [4.69, 9.17) is 0 Å².